The van der Waals surface area contributed by atoms with Gasteiger partial charge in [-0.2, -0.15) is 13.2 Å². The topological polar surface area (TPSA) is 49.8 Å². The van der Waals surface area contributed by atoms with Crippen LogP contribution in [0.5, 0.6) is 0 Å². The van der Waals surface area contributed by atoms with Crippen LogP contribution in [0.2, 0.25) is 0 Å². The van der Waals surface area contributed by atoms with Gasteiger partial charge in [-0.3, -0.25) is 9.69 Å². The Kier molecular flexibility index (Phi) is 8.00. The van der Waals surface area contributed by atoms with E-state index < -0.39 is 23.8 Å². The highest BCUT2D eigenvalue weighted by Crippen LogP contribution is 2.39. The number of nitrogens with zero attached hydrogens (tertiary/aromatic N) is 1. The van der Waals surface area contributed by atoms with Gasteiger partial charge in [0.1, 0.15) is 0 Å². The number of hydrogen-bond acceptors (Lipinski definition) is 3. The third-order valence-electron chi connectivity index (χ3n) is 7.96. The minimum absolute atomic E-state index is 0.0341. The third kappa shape index (κ3) is 6.50. The molecule has 1 heterocycles. The minimum atomic E-state index is -4.36. The van der Waals surface area contributed by atoms with E-state index in [1.165, 1.54) is 51.4 Å². The first-order valence-corrected chi connectivity index (χ1v) is 12.5. The molecule has 0 aromatic heterocycles. The Hall–Kier alpha value is -1.60. The van der Waals surface area contributed by atoms with E-state index in [9.17, 15) is 23.1 Å². The van der Waals surface area contributed by atoms with Gasteiger partial charge in [-0.15, -0.1) is 0 Å². The molecule has 3 aliphatic rings. The molecule has 33 heavy (non-hydrogen) atoms. The molecular formula is C26H36F3NO3. The molecule has 0 radical (unpaired) electrons. The summed E-state index contributed by atoms with van der Waals surface area (Å²) in [6, 6.07) is 5.56. The molecule has 1 N–H and O–H groups in total. The number of carboxylic acid groups (broad SMARTS) is 1. The van der Waals surface area contributed by atoms with Crippen molar-refractivity contribution < 1.29 is 27.8 Å². The van der Waals surface area contributed by atoms with Gasteiger partial charge in [-0.1, -0.05) is 37.8 Å². The molecule has 1 saturated heterocycles. The van der Waals surface area contributed by atoms with Crippen LogP contribution in [0.25, 0.3) is 0 Å². The summed E-state index contributed by atoms with van der Waals surface area (Å²) in [5.74, 6) is 0.388. The first kappa shape index (κ1) is 24.5. The molecule has 4 rings (SSSR count). The molecule has 1 aromatic rings. The van der Waals surface area contributed by atoms with Gasteiger partial charge in [-0.05, 0) is 61.6 Å². The fourth-order valence-electron chi connectivity index (χ4n) is 6.23. The van der Waals surface area contributed by atoms with E-state index in [0.717, 1.165) is 30.8 Å². The number of aliphatic carboxylic acids is 1. The van der Waals surface area contributed by atoms with Crippen molar-refractivity contribution in [3.05, 3.63) is 35.4 Å². The number of rotatable bonds is 8. The molecular weight excluding hydrogens is 431 g/mol. The van der Waals surface area contributed by atoms with E-state index >= 15 is 0 Å². The monoisotopic (exact) mass is 467 g/mol. The highest BCUT2D eigenvalue weighted by atomic mass is 19.4. The molecule has 1 aromatic carbocycles. The fraction of sp³-hybridized carbons (Fsp3) is 0.731. The predicted octanol–water partition coefficient (Wildman–Crippen LogP) is 6.10. The van der Waals surface area contributed by atoms with Crippen molar-refractivity contribution in [3.8, 4) is 0 Å². The summed E-state index contributed by atoms with van der Waals surface area (Å²) in [6.07, 6.45) is 5.70. The average molecular weight is 468 g/mol. The maximum absolute atomic E-state index is 13.1. The number of halogens is 3. The minimum Gasteiger partial charge on any atom is -0.481 e. The normalized spacial score (nSPS) is 27.5. The molecule has 1 aliphatic heterocycles. The number of benzene rings is 1. The molecule has 3 atom stereocenters. The van der Waals surface area contributed by atoms with Crippen molar-refractivity contribution in [2.24, 2.45) is 11.8 Å². The zero-order chi connectivity index (χ0) is 23.4. The summed E-state index contributed by atoms with van der Waals surface area (Å²) in [7, 11) is 0. The van der Waals surface area contributed by atoms with Gasteiger partial charge >= 0.3 is 12.1 Å². The zero-order valence-electron chi connectivity index (χ0n) is 19.2. The van der Waals surface area contributed by atoms with Gasteiger partial charge < -0.3 is 9.84 Å². The molecule has 2 aliphatic carbocycles. The lowest BCUT2D eigenvalue weighted by atomic mass is 9.82. The average Bonchev–Trinajstić information content (AvgIpc) is 3.47. The first-order valence-electron chi connectivity index (χ1n) is 12.5. The number of carbonyl (C=O) groups is 1. The quantitative estimate of drug-likeness (QED) is 0.502. The van der Waals surface area contributed by atoms with Crippen molar-refractivity contribution in [1.29, 1.82) is 0 Å². The Morgan fingerprint density at radius 3 is 2.00 bits per heavy atom. The van der Waals surface area contributed by atoms with E-state index in [2.05, 4.69) is 4.90 Å². The highest BCUT2D eigenvalue weighted by molar-refractivity contribution is 5.67. The second kappa shape index (κ2) is 10.8. The van der Waals surface area contributed by atoms with Crippen LogP contribution in [-0.4, -0.2) is 47.8 Å². The first-order chi connectivity index (χ1) is 15.8. The lowest BCUT2D eigenvalue weighted by molar-refractivity contribution is -0.143. The Morgan fingerprint density at radius 2 is 1.52 bits per heavy atom. The van der Waals surface area contributed by atoms with Gasteiger partial charge in [0, 0.05) is 25.0 Å². The lowest BCUT2D eigenvalue weighted by Crippen LogP contribution is -2.50. The predicted molar refractivity (Wildman–Crippen MR) is 120 cm³/mol. The van der Waals surface area contributed by atoms with Crippen molar-refractivity contribution in [2.75, 3.05) is 19.7 Å². The Bertz CT molecular complexity index is 752. The maximum atomic E-state index is 13.1. The summed E-state index contributed by atoms with van der Waals surface area (Å²) in [5, 5.41) is 9.29. The van der Waals surface area contributed by atoms with E-state index in [1.54, 1.807) is 12.1 Å². The Morgan fingerprint density at radius 1 is 0.970 bits per heavy atom. The fourth-order valence-corrected chi connectivity index (χ4v) is 6.23. The molecule has 184 valence electrons. The summed E-state index contributed by atoms with van der Waals surface area (Å²) >= 11 is 0. The van der Waals surface area contributed by atoms with E-state index in [0.29, 0.717) is 24.9 Å². The van der Waals surface area contributed by atoms with Crippen LogP contribution < -0.4 is 0 Å². The maximum Gasteiger partial charge on any atom is 0.416 e. The second-order valence-electron chi connectivity index (χ2n) is 10.3. The van der Waals surface area contributed by atoms with Gasteiger partial charge in [0.05, 0.1) is 24.7 Å². The van der Waals surface area contributed by atoms with Crippen LogP contribution in [0.4, 0.5) is 13.2 Å². The number of alkyl halides is 3. The summed E-state index contributed by atoms with van der Waals surface area (Å²) in [5.41, 5.74) is 0.209. The summed E-state index contributed by atoms with van der Waals surface area (Å²) in [4.78, 5) is 13.9. The van der Waals surface area contributed by atoms with Crippen molar-refractivity contribution in [3.63, 3.8) is 0 Å². The molecule has 3 fully saturated rings. The van der Waals surface area contributed by atoms with Gasteiger partial charge in [0.25, 0.3) is 0 Å². The van der Waals surface area contributed by atoms with Gasteiger partial charge in [0.2, 0.25) is 0 Å². The SMILES string of the molecule is O=C(O)C[C@H]1C[C@@H](c2ccc(C(F)(F)F)cc2)[C@H](N(CC2CCCC2)CC2CCCC2)CO1. The van der Waals surface area contributed by atoms with Crippen LogP contribution in [0, 0.1) is 11.8 Å². The Balaban J connectivity index is 1.58. The molecule has 0 amide bonds. The van der Waals surface area contributed by atoms with Gasteiger partial charge in [-0.25, -0.2) is 0 Å². The van der Waals surface area contributed by atoms with E-state index in [4.69, 9.17) is 4.74 Å². The van der Waals surface area contributed by atoms with Crippen molar-refractivity contribution in [2.45, 2.75) is 88.4 Å². The van der Waals surface area contributed by atoms with E-state index in [-0.39, 0.29) is 18.4 Å². The summed E-state index contributed by atoms with van der Waals surface area (Å²) in [6.45, 7) is 2.44. The number of ether oxygens (including phenoxy) is 1. The molecule has 4 nitrogen and oxygen atoms in total. The third-order valence-corrected chi connectivity index (χ3v) is 7.96. The van der Waals surface area contributed by atoms with Crippen LogP contribution in [0.1, 0.15) is 81.3 Å². The highest BCUT2D eigenvalue weighted by Gasteiger charge is 2.39. The lowest BCUT2D eigenvalue weighted by Gasteiger charge is -2.44. The van der Waals surface area contributed by atoms with Gasteiger partial charge in [0.15, 0.2) is 0 Å². The summed E-state index contributed by atoms with van der Waals surface area (Å²) < 4.78 is 45.4. The molecule has 7 heteroatoms. The zero-order valence-corrected chi connectivity index (χ0v) is 19.2. The molecule has 0 unspecified atom stereocenters. The van der Waals surface area contributed by atoms with Crippen molar-refractivity contribution >= 4 is 5.97 Å². The standard InChI is InChI=1S/C26H36F3NO3/c27-26(28,29)21-11-9-20(10-12-21)23-13-22(14-25(31)32)33-17-24(23)30(15-18-5-1-2-6-18)16-19-7-3-4-8-19/h9-12,18-19,22-24H,1-8,13-17H2,(H,31,32)/t22-,23+,24-/m1/s1. The number of hydrogen-bond donors (Lipinski definition) is 1. The molecule has 0 spiro atoms. The van der Waals surface area contributed by atoms with Crippen LogP contribution in [0.3, 0.4) is 0 Å². The largest absolute Gasteiger partial charge is 0.481 e. The molecule has 2 saturated carbocycles. The Labute approximate surface area is 194 Å². The van der Waals surface area contributed by atoms with Crippen LogP contribution in [0.15, 0.2) is 24.3 Å². The smallest absolute Gasteiger partial charge is 0.416 e. The van der Waals surface area contributed by atoms with Crippen LogP contribution >= 0.6 is 0 Å². The van der Waals surface area contributed by atoms with Crippen molar-refractivity contribution in [1.82, 2.24) is 4.90 Å². The van der Waals surface area contributed by atoms with E-state index in [1.807, 2.05) is 0 Å². The van der Waals surface area contributed by atoms with Crippen LogP contribution in [-0.2, 0) is 15.7 Å². The number of carboxylic acids is 1. The second-order valence-corrected chi connectivity index (χ2v) is 10.3. The molecule has 0 bridgehead atoms.